The Bertz CT molecular complexity index is 391. The van der Waals surface area contributed by atoms with E-state index in [1.165, 1.54) is 19.4 Å². The molecule has 0 radical (unpaired) electrons. The highest BCUT2D eigenvalue weighted by atomic mass is 16.5. The molecule has 1 aromatic rings. The fourth-order valence-corrected chi connectivity index (χ4v) is 3.14. The summed E-state index contributed by atoms with van der Waals surface area (Å²) in [7, 11) is 0. The minimum atomic E-state index is 0.405. The molecule has 2 aliphatic rings. The van der Waals surface area contributed by atoms with Gasteiger partial charge in [0.05, 0.1) is 6.61 Å². The summed E-state index contributed by atoms with van der Waals surface area (Å²) in [5.74, 6) is 2.66. The third-order valence-electron chi connectivity index (χ3n) is 4.35. The van der Waals surface area contributed by atoms with Crippen molar-refractivity contribution < 1.29 is 4.74 Å². The van der Waals surface area contributed by atoms with Gasteiger partial charge in [0.25, 0.3) is 0 Å². The molecule has 1 aliphatic carbocycles. The first-order valence-corrected chi connectivity index (χ1v) is 7.49. The van der Waals surface area contributed by atoms with E-state index in [1.807, 2.05) is 30.3 Å². The number of nitrogens with two attached hydrogens (primary N) is 1. The Morgan fingerprint density at radius 3 is 2.68 bits per heavy atom. The molecule has 3 nitrogen and oxygen atoms in total. The van der Waals surface area contributed by atoms with E-state index in [1.54, 1.807) is 0 Å². The largest absolute Gasteiger partial charge is 0.494 e. The summed E-state index contributed by atoms with van der Waals surface area (Å²) in [5, 5.41) is 0. The molecule has 1 saturated heterocycles. The highest BCUT2D eigenvalue weighted by molar-refractivity contribution is 5.20. The van der Waals surface area contributed by atoms with Crippen molar-refractivity contribution in [2.45, 2.75) is 25.3 Å². The lowest BCUT2D eigenvalue weighted by Gasteiger charge is -2.15. The molecule has 0 aromatic heterocycles. The van der Waals surface area contributed by atoms with Crippen molar-refractivity contribution in [1.29, 1.82) is 0 Å². The van der Waals surface area contributed by atoms with Gasteiger partial charge in [0.15, 0.2) is 0 Å². The number of benzene rings is 1. The van der Waals surface area contributed by atoms with Crippen LogP contribution in [0.15, 0.2) is 30.3 Å². The van der Waals surface area contributed by atoms with E-state index in [0.717, 1.165) is 43.7 Å². The summed E-state index contributed by atoms with van der Waals surface area (Å²) in [6.45, 7) is 4.19. The van der Waals surface area contributed by atoms with Crippen LogP contribution >= 0.6 is 0 Å². The van der Waals surface area contributed by atoms with Crippen LogP contribution in [0, 0.1) is 11.8 Å². The lowest BCUT2D eigenvalue weighted by molar-refractivity contribution is 0.256. The first kappa shape index (κ1) is 12.9. The summed E-state index contributed by atoms with van der Waals surface area (Å²) in [6.07, 6.45) is 3.89. The lowest BCUT2D eigenvalue weighted by atomic mass is 9.99. The van der Waals surface area contributed by atoms with E-state index in [-0.39, 0.29) is 0 Å². The molecule has 104 valence electrons. The normalized spacial score (nSPS) is 27.6. The smallest absolute Gasteiger partial charge is 0.119 e. The van der Waals surface area contributed by atoms with Crippen molar-refractivity contribution in [3.63, 3.8) is 0 Å². The average Bonchev–Trinajstić information content (AvgIpc) is 3.20. The molecule has 0 spiro atoms. The van der Waals surface area contributed by atoms with Gasteiger partial charge in [-0.3, -0.25) is 0 Å². The number of ether oxygens (including phenoxy) is 1. The topological polar surface area (TPSA) is 38.5 Å². The number of hydrogen-bond acceptors (Lipinski definition) is 3. The summed E-state index contributed by atoms with van der Waals surface area (Å²) in [5.41, 5.74) is 6.23. The van der Waals surface area contributed by atoms with Crippen molar-refractivity contribution in [1.82, 2.24) is 4.90 Å². The maximum atomic E-state index is 6.23. The fraction of sp³-hybridized carbons (Fsp3) is 0.625. The minimum Gasteiger partial charge on any atom is -0.494 e. The van der Waals surface area contributed by atoms with Crippen LogP contribution in [0.3, 0.4) is 0 Å². The Kier molecular flexibility index (Phi) is 4.04. The van der Waals surface area contributed by atoms with Crippen LogP contribution < -0.4 is 10.5 Å². The zero-order chi connectivity index (χ0) is 13.1. The van der Waals surface area contributed by atoms with Crippen LogP contribution in [0.1, 0.15) is 19.3 Å². The summed E-state index contributed by atoms with van der Waals surface area (Å²) < 4.78 is 5.72. The number of nitrogens with zero attached hydrogens (tertiary/aromatic N) is 1. The van der Waals surface area contributed by atoms with E-state index < -0.39 is 0 Å². The molecule has 0 bridgehead atoms. The second-order valence-corrected chi connectivity index (χ2v) is 5.94. The van der Waals surface area contributed by atoms with Crippen LogP contribution in [0.5, 0.6) is 5.75 Å². The van der Waals surface area contributed by atoms with Gasteiger partial charge in [-0.25, -0.2) is 0 Å². The Morgan fingerprint density at radius 2 is 1.95 bits per heavy atom. The summed E-state index contributed by atoms with van der Waals surface area (Å²) in [4.78, 5) is 2.52. The van der Waals surface area contributed by atoms with Crippen LogP contribution in [-0.2, 0) is 0 Å². The number of para-hydroxylation sites is 1. The first-order valence-electron chi connectivity index (χ1n) is 7.49. The van der Waals surface area contributed by atoms with Gasteiger partial charge in [-0.15, -0.1) is 0 Å². The Morgan fingerprint density at radius 1 is 1.16 bits per heavy atom. The van der Waals surface area contributed by atoms with Crippen LogP contribution in [-0.4, -0.2) is 37.2 Å². The predicted molar refractivity (Wildman–Crippen MR) is 77.2 cm³/mol. The Balaban J connectivity index is 1.34. The van der Waals surface area contributed by atoms with E-state index in [4.69, 9.17) is 10.5 Å². The van der Waals surface area contributed by atoms with Crippen LogP contribution in [0.2, 0.25) is 0 Å². The standard InChI is InChI=1S/C16H24N2O/c17-16-12-18(11-15(16)13-7-8-13)9-4-10-19-14-5-2-1-3-6-14/h1-3,5-6,13,15-16H,4,7-12,17H2/t15-,16+/m1/s1. The maximum absolute atomic E-state index is 6.23. The van der Waals surface area contributed by atoms with Crippen molar-refractivity contribution in [3.05, 3.63) is 30.3 Å². The van der Waals surface area contributed by atoms with Gasteiger partial charge in [-0.05, 0) is 43.2 Å². The third kappa shape index (κ3) is 3.48. The minimum absolute atomic E-state index is 0.405. The highest BCUT2D eigenvalue weighted by Crippen LogP contribution is 2.40. The average molecular weight is 260 g/mol. The van der Waals surface area contributed by atoms with E-state index in [0.29, 0.717) is 6.04 Å². The zero-order valence-corrected chi connectivity index (χ0v) is 11.5. The van der Waals surface area contributed by atoms with E-state index in [2.05, 4.69) is 4.90 Å². The van der Waals surface area contributed by atoms with Crippen LogP contribution in [0.4, 0.5) is 0 Å². The zero-order valence-electron chi connectivity index (χ0n) is 11.5. The summed E-state index contributed by atoms with van der Waals surface area (Å²) >= 11 is 0. The highest BCUT2D eigenvalue weighted by Gasteiger charge is 2.40. The summed E-state index contributed by atoms with van der Waals surface area (Å²) in [6, 6.07) is 10.5. The van der Waals surface area contributed by atoms with E-state index >= 15 is 0 Å². The molecule has 2 N–H and O–H groups in total. The molecule has 1 aromatic carbocycles. The van der Waals surface area contributed by atoms with E-state index in [9.17, 15) is 0 Å². The molecular formula is C16H24N2O. The van der Waals surface area contributed by atoms with Gasteiger partial charge in [0.2, 0.25) is 0 Å². The van der Waals surface area contributed by atoms with Crippen LogP contribution in [0.25, 0.3) is 0 Å². The van der Waals surface area contributed by atoms with Gasteiger partial charge >= 0.3 is 0 Å². The monoisotopic (exact) mass is 260 g/mol. The van der Waals surface area contributed by atoms with Crippen molar-refractivity contribution >= 4 is 0 Å². The lowest BCUT2D eigenvalue weighted by Crippen LogP contribution is -2.30. The molecule has 1 saturated carbocycles. The van der Waals surface area contributed by atoms with Gasteiger partial charge < -0.3 is 15.4 Å². The molecule has 1 aliphatic heterocycles. The fourth-order valence-electron chi connectivity index (χ4n) is 3.14. The quantitative estimate of drug-likeness (QED) is 0.796. The molecule has 3 heteroatoms. The van der Waals surface area contributed by atoms with Crippen molar-refractivity contribution in [2.24, 2.45) is 17.6 Å². The first-order chi connectivity index (χ1) is 9.33. The Hall–Kier alpha value is -1.06. The number of hydrogen-bond donors (Lipinski definition) is 1. The van der Waals surface area contributed by atoms with Gasteiger partial charge in [0.1, 0.15) is 5.75 Å². The van der Waals surface area contributed by atoms with Gasteiger partial charge in [0, 0.05) is 25.7 Å². The maximum Gasteiger partial charge on any atom is 0.119 e. The number of likely N-dealkylation sites (tertiary alicyclic amines) is 1. The SMILES string of the molecule is N[C@H]1CN(CCCOc2ccccc2)C[C@@H]1C1CC1. The molecular weight excluding hydrogens is 236 g/mol. The van der Waals surface area contributed by atoms with Crippen molar-refractivity contribution in [2.75, 3.05) is 26.2 Å². The second-order valence-electron chi connectivity index (χ2n) is 5.94. The second kappa shape index (κ2) is 5.93. The third-order valence-corrected chi connectivity index (χ3v) is 4.35. The van der Waals surface area contributed by atoms with Crippen molar-refractivity contribution in [3.8, 4) is 5.75 Å². The van der Waals surface area contributed by atoms with Gasteiger partial charge in [-0.2, -0.15) is 0 Å². The molecule has 2 atom stereocenters. The molecule has 2 fully saturated rings. The molecule has 0 amide bonds. The Labute approximate surface area is 115 Å². The molecule has 3 rings (SSSR count). The predicted octanol–water partition coefficient (Wildman–Crippen LogP) is 2.12. The molecule has 1 heterocycles. The molecule has 0 unspecified atom stereocenters. The molecule has 19 heavy (non-hydrogen) atoms. The number of rotatable bonds is 6. The van der Waals surface area contributed by atoms with Gasteiger partial charge in [-0.1, -0.05) is 18.2 Å².